The van der Waals surface area contributed by atoms with Crippen molar-refractivity contribution >= 4 is 5.69 Å². The second-order valence-electron chi connectivity index (χ2n) is 6.50. The first-order valence-corrected chi connectivity index (χ1v) is 8.42. The first-order valence-electron chi connectivity index (χ1n) is 8.42. The van der Waals surface area contributed by atoms with Gasteiger partial charge in [-0.1, -0.05) is 33.6 Å². The lowest BCUT2D eigenvalue weighted by Crippen LogP contribution is -2.24. The summed E-state index contributed by atoms with van der Waals surface area (Å²) >= 11 is 0. The number of rotatable bonds is 9. The van der Waals surface area contributed by atoms with Crippen molar-refractivity contribution in [3.05, 3.63) is 17.7 Å². The third-order valence-corrected chi connectivity index (χ3v) is 4.02. The Morgan fingerprint density at radius 3 is 2.71 bits per heavy atom. The summed E-state index contributed by atoms with van der Waals surface area (Å²) in [6.07, 6.45) is 8.40. The molecule has 1 N–H and O–H groups in total. The van der Waals surface area contributed by atoms with E-state index < -0.39 is 0 Å². The molecule has 4 heteroatoms. The highest BCUT2D eigenvalue weighted by Crippen LogP contribution is 2.23. The highest BCUT2D eigenvalue weighted by molar-refractivity contribution is 5.48. The standard InChI is InChI=1S/C17H30N4/c1-5-6-7-10-21(4)16-12-19-17(13(2)3)20-15(16)11-18-14-8-9-14/h12-14,18H,5-11H2,1-4H3. The van der Waals surface area contributed by atoms with Gasteiger partial charge in [0.15, 0.2) is 0 Å². The van der Waals surface area contributed by atoms with Gasteiger partial charge in [-0.15, -0.1) is 0 Å². The minimum absolute atomic E-state index is 0.379. The third kappa shape index (κ3) is 4.95. The molecule has 2 rings (SSSR count). The fourth-order valence-electron chi connectivity index (χ4n) is 2.40. The maximum atomic E-state index is 4.81. The summed E-state index contributed by atoms with van der Waals surface area (Å²) in [5.41, 5.74) is 2.34. The number of hydrogen-bond acceptors (Lipinski definition) is 4. The number of hydrogen-bond donors (Lipinski definition) is 1. The fraction of sp³-hybridized carbons (Fsp3) is 0.765. The average Bonchev–Trinajstić information content (AvgIpc) is 3.29. The highest BCUT2D eigenvalue weighted by Gasteiger charge is 2.21. The van der Waals surface area contributed by atoms with Crippen LogP contribution in [0.25, 0.3) is 0 Å². The summed E-state index contributed by atoms with van der Waals surface area (Å²) < 4.78 is 0. The van der Waals surface area contributed by atoms with Gasteiger partial charge in [-0.2, -0.15) is 0 Å². The van der Waals surface area contributed by atoms with E-state index in [4.69, 9.17) is 4.98 Å². The molecule has 0 aliphatic heterocycles. The van der Waals surface area contributed by atoms with Crippen LogP contribution >= 0.6 is 0 Å². The summed E-state index contributed by atoms with van der Waals surface area (Å²) in [7, 11) is 2.16. The van der Waals surface area contributed by atoms with Crippen LogP contribution in [0.4, 0.5) is 5.69 Å². The topological polar surface area (TPSA) is 41.1 Å². The lowest BCUT2D eigenvalue weighted by atomic mass is 10.2. The number of aromatic nitrogens is 2. The Kier molecular flexibility index (Phi) is 5.97. The number of nitrogens with zero attached hydrogens (tertiary/aromatic N) is 3. The molecule has 1 heterocycles. The van der Waals surface area contributed by atoms with Crippen LogP contribution in [-0.2, 0) is 6.54 Å². The highest BCUT2D eigenvalue weighted by atomic mass is 15.1. The first kappa shape index (κ1) is 16.2. The predicted molar refractivity (Wildman–Crippen MR) is 88.8 cm³/mol. The quantitative estimate of drug-likeness (QED) is 0.707. The molecule has 0 saturated heterocycles. The minimum Gasteiger partial charge on any atom is -0.372 e. The van der Waals surface area contributed by atoms with Gasteiger partial charge < -0.3 is 10.2 Å². The molecule has 0 unspecified atom stereocenters. The van der Waals surface area contributed by atoms with Crippen LogP contribution in [0.5, 0.6) is 0 Å². The van der Waals surface area contributed by atoms with Gasteiger partial charge in [-0.3, -0.25) is 0 Å². The second-order valence-corrected chi connectivity index (χ2v) is 6.50. The Morgan fingerprint density at radius 1 is 1.33 bits per heavy atom. The third-order valence-electron chi connectivity index (χ3n) is 4.02. The Balaban J connectivity index is 2.08. The summed E-state index contributed by atoms with van der Waals surface area (Å²) in [6.45, 7) is 8.48. The summed E-state index contributed by atoms with van der Waals surface area (Å²) in [5.74, 6) is 1.33. The molecule has 118 valence electrons. The largest absolute Gasteiger partial charge is 0.372 e. The van der Waals surface area contributed by atoms with Crippen LogP contribution in [0.15, 0.2) is 6.20 Å². The van der Waals surface area contributed by atoms with Crippen LogP contribution in [0.2, 0.25) is 0 Å². The summed E-state index contributed by atoms with van der Waals surface area (Å²) in [6, 6.07) is 0.709. The molecule has 1 fully saturated rings. The molecular formula is C17H30N4. The van der Waals surface area contributed by atoms with E-state index in [9.17, 15) is 0 Å². The Hall–Kier alpha value is -1.16. The molecule has 1 aromatic heterocycles. The zero-order chi connectivity index (χ0) is 15.2. The SMILES string of the molecule is CCCCCN(C)c1cnc(C(C)C)nc1CNC1CC1. The summed E-state index contributed by atoms with van der Waals surface area (Å²) in [5, 5.41) is 3.58. The van der Waals surface area contributed by atoms with Crippen molar-refractivity contribution in [3.8, 4) is 0 Å². The molecular weight excluding hydrogens is 260 g/mol. The Labute approximate surface area is 129 Å². The monoisotopic (exact) mass is 290 g/mol. The molecule has 1 aliphatic rings. The summed E-state index contributed by atoms with van der Waals surface area (Å²) in [4.78, 5) is 11.7. The zero-order valence-corrected chi connectivity index (χ0v) is 14.0. The van der Waals surface area contributed by atoms with Crippen molar-refractivity contribution in [2.75, 3.05) is 18.5 Å². The number of anilines is 1. The van der Waals surface area contributed by atoms with Gasteiger partial charge in [-0.05, 0) is 19.3 Å². The van der Waals surface area contributed by atoms with E-state index in [0.717, 1.165) is 24.6 Å². The first-order chi connectivity index (χ1) is 10.1. The number of unbranched alkanes of at least 4 members (excludes halogenated alkanes) is 2. The number of nitrogens with one attached hydrogen (secondary N) is 1. The molecule has 0 amide bonds. The van der Waals surface area contributed by atoms with Gasteiger partial charge >= 0.3 is 0 Å². The maximum absolute atomic E-state index is 4.81. The van der Waals surface area contributed by atoms with Gasteiger partial charge in [0.05, 0.1) is 17.6 Å². The maximum Gasteiger partial charge on any atom is 0.131 e. The van der Waals surface area contributed by atoms with E-state index in [2.05, 4.69) is 43.0 Å². The fourth-order valence-corrected chi connectivity index (χ4v) is 2.40. The van der Waals surface area contributed by atoms with Crippen molar-refractivity contribution < 1.29 is 0 Å². The van der Waals surface area contributed by atoms with Gasteiger partial charge in [0.1, 0.15) is 5.82 Å². The van der Waals surface area contributed by atoms with Crippen molar-refractivity contribution in [1.82, 2.24) is 15.3 Å². The van der Waals surface area contributed by atoms with Gasteiger partial charge in [0.2, 0.25) is 0 Å². The molecule has 0 atom stereocenters. The van der Waals surface area contributed by atoms with Crippen molar-refractivity contribution in [2.24, 2.45) is 0 Å². The van der Waals surface area contributed by atoms with Crippen LogP contribution in [0, 0.1) is 0 Å². The molecule has 0 radical (unpaired) electrons. The van der Waals surface area contributed by atoms with E-state index in [1.807, 2.05) is 6.20 Å². The predicted octanol–water partition coefficient (Wildman–Crippen LogP) is 3.48. The van der Waals surface area contributed by atoms with E-state index in [1.165, 1.54) is 37.8 Å². The molecule has 1 aliphatic carbocycles. The molecule has 4 nitrogen and oxygen atoms in total. The van der Waals surface area contributed by atoms with Crippen molar-refractivity contribution in [1.29, 1.82) is 0 Å². The van der Waals surface area contributed by atoms with E-state index in [1.54, 1.807) is 0 Å². The average molecular weight is 290 g/mol. The Bertz CT molecular complexity index is 440. The second kappa shape index (κ2) is 7.74. The molecule has 1 aromatic rings. The molecule has 0 aromatic carbocycles. The van der Waals surface area contributed by atoms with Gasteiger partial charge in [0, 0.05) is 32.1 Å². The molecule has 0 spiro atoms. The van der Waals surface area contributed by atoms with E-state index in [-0.39, 0.29) is 0 Å². The van der Waals surface area contributed by atoms with Crippen LogP contribution in [-0.4, -0.2) is 29.6 Å². The lowest BCUT2D eigenvalue weighted by Gasteiger charge is -2.22. The lowest BCUT2D eigenvalue weighted by molar-refractivity contribution is 0.651. The van der Waals surface area contributed by atoms with Crippen LogP contribution in [0.3, 0.4) is 0 Å². The molecule has 1 saturated carbocycles. The Morgan fingerprint density at radius 2 is 2.10 bits per heavy atom. The minimum atomic E-state index is 0.379. The van der Waals surface area contributed by atoms with Gasteiger partial charge in [-0.25, -0.2) is 9.97 Å². The van der Waals surface area contributed by atoms with Crippen molar-refractivity contribution in [3.63, 3.8) is 0 Å². The normalized spacial score (nSPS) is 14.7. The van der Waals surface area contributed by atoms with Crippen LogP contribution < -0.4 is 10.2 Å². The smallest absolute Gasteiger partial charge is 0.131 e. The van der Waals surface area contributed by atoms with E-state index in [0.29, 0.717) is 12.0 Å². The van der Waals surface area contributed by atoms with E-state index >= 15 is 0 Å². The molecule has 0 bridgehead atoms. The van der Waals surface area contributed by atoms with Crippen LogP contribution in [0.1, 0.15) is 70.3 Å². The van der Waals surface area contributed by atoms with Gasteiger partial charge in [0.25, 0.3) is 0 Å². The zero-order valence-electron chi connectivity index (χ0n) is 14.0. The van der Waals surface area contributed by atoms with Crippen molar-refractivity contribution in [2.45, 2.75) is 71.4 Å². The molecule has 21 heavy (non-hydrogen) atoms.